The van der Waals surface area contributed by atoms with Crippen LogP contribution in [-0.2, 0) is 12.0 Å². The molecule has 2 aromatic rings. The second-order valence-electron chi connectivity index (χ2n) is 5.94. The zero-order valence-electron chi connectivity index (χ0n) is 12.9. The van der Waals surface area contributed by atoms with Crippen LogP contribution in [0.2, 0.25) is 0 Å². The Morgan fingerprint density at radius 1 is 1.36 bits per heavy atom. The van der Waals surface area contributed by atoms with Crippen molar-refractivity contribution >= 4 is 23.2 Å². The minimum Gasteiger partial charge on any atom is -0.475 e. The van der Waals surface area contributed by atoms with Gasteiger partial charge in [0.25, 0.3) is 5.91 Å². The molecule has 2 rings (SSSR count). The minimum atomic E-state index is -1.13. The van der Waals surface area contributed by atoms with Crippen molar-refractivity contribution in [1.29, 1.82) is 0 Å². The van der Waals surface area contributed by atoms with Crippen LogP contribution in [0.4, 0.5) is 0 Å². The van der Waals surface area contributed by atoms with Gasteiger partial charge in [-0.15, -0.1) is 11.3 Å². The van der Waals surface area contributed by atoms with E-state index in [0.717, 1.165) is 5.01 Å². The number of aromatic nitrogens is 1. The summed E-state index contributed by atoms with van der Waals surface area (Å²) < 4.78 is 5.09. The van der Waals surface area contributed by atoms with Crippen molar-refractivity contribution in [2.75, 3.05) is 0 Å². The van der Waals surface area contributed by atoms with E-state index in [2.05, 4.69) is 10.3 Å². The summed E-state index contributed by atoms with van der Waals surface area (Å²) in [4.78, 5) is 28.0. The van der Waals surface area contributed by atoms with Crippen molar-refractivity contribution in [3.63, 3.8) is 0 Å². The quantitative estimate of drug-likeness (QED) is 0.902. The van der Waals surface area contributed by atoms with Crippen LogP contribution in [0.1, 0.15) is 57.5 Å². The van der Waals surface area contributed by atoms with Crippen LogP contribution in [0, 0.1) is 6.92 Å². The van der Waals surface area contributed by atoms with E-state index in [-0.39, 0.29) is 23.6 Å². The lowest BCUT2D eigenvalue weighted by Crippen LogP contribution is -2.22. The van der Waals surface area contributed by atoms with Crippen LogP contribution in [0.25, 0.3) is 0 Å². The monoisotopic (exact) mass is 322 g/mol. The van der Waals surface area contributed by atoms with Gasteiger partial charge in [-0.25, -0.2) is 9.78 Å². The fourth-order valence-corrected chi connectivity index (χ4v) is 2.80. The molecule has 118 valence electrons. The molecule has 7 heteroatoms. The number of thiazole rings is 1. The van der Waals surface area contributed by atoms with Crippen LogP contribution >= 0.6 is 11.3 Å². The fourth-order valence-electron chi connectivity index (χ4n) is 1.76. The maximum absolute atomic E-state index is 12.2. The number of carboxylic acid groups (broad SMARTS) is 1. The molecule has 0 aliphatic rings. The van der Waals surface area contributed by atoms with Gasteiger partial charge in [0.1, 0.15) is 10.6 Å². The first kappa shape index (κ1) is 16.2. The molecule has 0 spiro atoms. The van der Waals surface area contributed by atoms with E-state index in [1.807, 2.05) is 20.8 Å². The number of nitrogens with one attached hydrogen (secondary N) is 1. The summed E-state index contributed by atoms with van der Waals surface area (Å²) in [5, 5.41) is 12.4. The Bertz CT molecular complexity index is 709. The molecule has 0 aliphatic heterocycles. The zero-order valence-corrected chi connectivity index (χ0v) is 13.7. The molecule has 6 nitrogen and oxygen atoms in total. The molecule has 0 unspecified atom stereocenters. The minimum absolute atomic E-state index is 0.106. The van der Waals surface area contributed by atoms with Crippen molar-refractivity contribution in [3.05, 3.63) is 39.2 Å². The molecule has 0 saturated heterocycles. The molecule has 0 bridgehead atoms. The van der Waals surface area contributed by atoms with Gasteiger partial charge in [-0.3, -0.25) is 4.79 Å². The molecule has 1 amide bonds. The van der Waals surface area contributed by atoms with E-state index >= 15 is 0 Å². The van der Waals surface area contributed by atoms with Gasteiger partial charge < -0.3 is 14.8 Å². The number of aryl methyl sites for hydroxylation is 1. The molecule has 0 aromatic carbocycles. The van der Waals surface area contributed by atoms with Gasteiger partial charge in [0.2, 0.25) is 5.76 Å². The van der Waals surface area contributed by atoms with Crippen LogP contribution in [0.15, 0.2) is 16.5 Å². The Morgan fingerprint density at radius 2 is 2.05 bits per heavy atom. The number of rotatable bonds is 4. The van der Waals surface area contributed by atoms with Gasteiger partial charge >= 0.3 is 5.97 Å². The van der Waals surface area contributed by atoms with Gasteiger partial charge in [0.05, 0.1) is 17.2 Å². The number of hydrogen-bond donors (Lipinski definition) is 2. The van der Waals surface area contributed by atoms with Gasteiger partial charge in [0.15, 0.2) is 0 Å². The van der Waals surface area contributed by atoms with Gasteiger partial charge in [0, 0.05) is 5.41 Å². The Labute approximate surface area is 132 Å². The lowest BCUT2D eigenvalue weighted by atomic mass is 9.98. The second-order valence-corrected chi connectivity index (χ2v) is 6.94. The average molecular weight is 322 g/mol. The number of amides is 1. The van der Waals surface area contributed by atoms with Crippen LogP contribution in [0.5, 0.6) is 0 Å². The average Bonchev–Trinajstić information content (AvgIpc) is 3.01. The molecule has 2 aromatic heterocycles. The Hall–Kier alpha value is -2.15. The molecule has 0 radical (unpaired) electrons. The lowest BCUT2D eigenvalue weighted by Gasteiger charge is -2.13. The highest BCUT2D eigenvalue weighted by atomic mass is 32.1. The van der Waals surface area contributed by atoms with Crippen LogP contribution in [-0.4, -0.2) is 22.0 Å². The highest BCUT2D eigenvalue weighted by molar-refractivity contribution is 7.14. The summed E-state index contributed by atoms with van der Waals surface area (Å²) in [6, 6.07) is 2.89. The maximum atomic E-state index is 12.2. The van der Waals surface area contributed by atoms with E-state index < -0.39 is 5.97 Å². The summed E-state index contributed by atoms with van der Waals surface area (Å²) in [5.41, 5.74) is 0.587. The summed E-state index contributed by atoms with van der Waals surface area (Å²) in [6.45, 7) is 8.07. The highest BCUT2D eigenvalue weighted by Gasteiger charge is 2.23. The van der Waals surface area contributed by atoms with Crippen molar-refractivity contribution in [2.45, 2.75) is 39.7 Å². The Morgan fingerprint density at radius 3 is 2.55 bits per heavy atom. The second kappa shape index (κ2) is 5.92. The summed E-state index contributed by atoms with van der Waals surface area (Å²) in [5.74, 6) is -1.12. The summed E-state index contributed by atoms with van der Waals surface area (Å²) in [6.07, 6.45) is 0. The molecular weight excluding hydrogens is 304 g/mol. The SMILES string of the molecule is Cc1nc(C(C)(C)C)sc1C(=O)NCc1ccc(C(=O)O)o1. The van der Waals surface area contributed by atoms with E-state index in [1.54, 1.807) is 6.92 Å². The Balaban J connectivity index is 2.06. The first-order valence-electron chi connectivity index (χ1n) is 6.76. The number of hydrogen-bond acceptors (Lipinski definition) is 5. The third-order valence-electron chi connectivity index (χ3n) is 2.94. The van der Waals surface area contributed by atoms with Crippen molar-refractivity contribution in [1.82, 2.24) is 10.3 Å². The number of aromatic carboxylic acids is 1. The predicted molar refractivity (Wildman–Crippen MR) is 82.4 cm³/mol. The fraction of sp³-hybridized carbons (Fsp3) is 0.400. The summed E-state index contributed by atoms with van der Waals surface area (Å²) in [7, 11) is 0. The van der Waals surface area contributed by atoms with E-state index in [1.165, 1.54) is 23.5 Å². The number of carbonyl (C=O) groups is 2. The molecule has 0 saturated carbocycles. The molecule has 0 atom stereocenters. The molecule has 22 heavy (non-hydrogen) atoms. The molecule has 0 fully saturated rings. The van der Waals surface area contributed by atoms with Crippen molar-refractivity contribution in [2.24, 2.45) is 0 Å². The standard InChI is InChI=1S/C15H18N2O4S/c1-8-11(22-14(17-8)15(2,3)4)12(18)16-7-9-5-6-10(21-9)13(19)20/h5-6H,7H2,1-4H3,(H,16,18)(H,19,20). The van der Waals surface area contributed by atoms with Crippen molar-refractivity contribution < 1.29 is 19.1 Å². The number of carboxylic acids is 1. The third kappa shape index (κ3) is 3.54. The van der Waals surface area contributed by atoms with Crippen molar-refractivity contribution in [3.8, 4) is 0 Å². The number of nitrogens with zero attached hydrogens (tertiary/aromatic N) is 1. The maximum Gasteiger partial charge on any atom is 0.371 e. The molecule has 2 N–H and O–H groups in total. The molecule has 2 heterocycles. The largest absolute Gasteiger partial charge is 0.475 e. The number of furan rings is 1. The molecule has 0 aliphatic carbocycles. The van der Waals surface area contributed by atoms with Gasteiger partial charge in [-0.1, -0.05) is 20.8 Å². The smallest absolute Gasteiger partial charge is 0.371 e. The first-order valence-corrected chi connectivity index (χ1v) is 7.58. The van der Waals surface area contributed by atoms with Crippen LogP contribution in [0.3, 0.4) is 0 Å². The van der Waals surface area contributed by atoms with E-state index in [4.69, 9.17) is 9.52 Å². The predicted octanol–water partition coefficient (Wildman–Crippen LogP) is 2.97. The zero-order chi connectivity index (χ0) is 16.5. The lowest BCUT2D eigenvalue weighted by molar-refractivity contribution is 0.0660. The molecular formula is C15H18N2O4S. The van der Waals surface area contributed by atoms with Crippen LogP contribution < -0.4 is 5.32 Å². The third-order valence-corrected chi connectivity index (χ3v) is 4.52. The van der Waals surface area contributed by atoms with Gasteiger partial charge in [-0.05, 0) is 19.1 Å². The van der Waals surface area contributed by atoms with E-state index in [9.17, 15) is 9.59 Å². The normalized spacial score (nSPS) is 11.5. The first-order chi connectivity index (χ1) is 10.2. The van der Waals surface area contributed by atoms with Gasteiger partial charge in [-0.2, -0.15) is 0 Å². The topological polar surface area (TPSA) is 92.4 Å². The Kier molecular flexibility index (Phi) is 4.37. The summed E-state index contributed by atoms with van der Waals surface area (Å²) >= 11 is 1.37. The van der Waals surface area contributed by atoms with E-state index in [0.29, 0.717) is 16.3 Å². The number of carbonyl (C=O) groups excluding carboxylic acids is 1. The highest BCUT2D eigenvalue weighted by Crippen LogP contribution is 2.29.